The second kappa shape index (κ2) is 7.61. The number of hydrogen-bond donors (Lipinski definition) is 1. The second-order valence-electron chi connectivity index (χ2n) is 5.48. The molecule has 0 aliphatic carbocycles. The van der Waals surface area contributed by atoms with Gasteiger partial charge in [0.2, 0.25) is 0 Å². The molecule has 2 rings (SSSR count). The topological polar surface area (TPSA) is 80.5 Å². The molecule has 126 valence electrons. The first-order valence-electron chi connectivity index (χ1n) is 7.46. The third-order valence-electron chi connectivity index (χ3n) is 4.11. The van der Waals surface area contributed by atoms with Gasteiger partial charge >= 0.3 is 0 Å². The Labute approximate surface area is 140 Å². The van der Waals surface area contributed by atoms with Crippen LogP contribution in [0.3, 0.4) is 0 Å². The minimum atomic E-state index is -0.293. The highest BCUT2D eigenvalue weighted by Gasteiger charge is 2.39. The van der Waals surface area contributed by atoms with E-state index < -0.39 is 0 Å². The molecule has 2 unspecified atom stereocenters. The van der Waals surface area contributed by atoms with Crippen LogP contribution >= 0.6 is 11.6 Å². The van der Waals surface area contributed by atoms with E-state index in [2.05, 4.69) is 10.3 Å². The van der Waals surface area contributed by atoms with Crippen LogP contribution in [0, 0.1) is 16.0 Å². The summed E-state index contributed by atoms with van der Waals surface area (Å²) in [6.07, 6.45) is 2.76. The van der Waals surface area contributed by atoms with E-state index in [1.807, 2.05) is 13.0 Å². The van der Waals surface area contributed by atoms with E-state index >= 15 is 0 Å². The molecular weight excluding hydrogens is 320 g/mol. The van der Waals surface area contributed by atoms with Crippen molar-refractivity contribution in [2.75, 3.05) is 14.2 Å². The fraction of sp³-hybridized carbons (Fsp3) is 0.533. The lowest BCUT2D eigenvalue weighted by molar-refractivity contribution is -0.440. The molecule has 8 heteroatoms. The maximum Gasteiger partial charge on any atom is 0.289 e. The molecule has 0 bridgehead atoms. The number of allylic oxidation sites excluding steroid dienone is 1. The molecule has 0 saturated carbocycles. The van der Waals surface area contributed by atoms with Crippen LogP contribution in [0.1, 0.15) is 25.3 Å². The van der Waals surface area contributed by atoms with Gasteiger partial charge in [0.25, 0.3) is 5.70 Å². The fourth-order valence-corrected chi connectivity index (χ4v) is 2.90. The van der Waals surface area contributed by atoms with Crippen LogP contribution in [0.2, 0.25) is 5.15 Å². The summed E-state index contributed by atoms with van der Waals surface area (Å²) < 4.78 is 5.46. The van der Waals surface area contributed by atoms with E-state index in [1.165, 1.54) is 0 Å². The normalized spacial score (nSPS) is 21.5. The van der Waals surface area contributed by atoms with Gasteiger partial charge in [-0.15, -0.1) is 0 Å². The summed E-state index contributed by atoms with van der Waals surface area (Å²) in [5.41, 5.74) is 1.11. The molecule has 0 fully saturated rings. The summed E-state index contributed by atoms with van der Waals surface area (Å²) >= 11 is 5.77. The van der Waals surface area contributed by atoms with E-state index in [0.29, 0.717) is 30.4 Å². The Hall–Kier alpha value is -1.86. The Morgan fingerprint density at radius 1 is 1.57 bits per heavy atom. The Bertz CT molecular complexity index is 591. The lowest BCUT2D eigenvalue weighted by Crippen LogP contribution is -2.45. The lowest BCUT2D eigenvalue weighted by Gasteiger charge is -2.37. The largest absolute Gasteiger partial charge is 0.362 e. The van der Waals surface area contributed by atoms with Gasteiger partial charge < -0.3 is 15.0 Å². The van der Waals surface area contributed by atoms with Gasteiger partial charge in [-0.3, -0.25) is 10.1 Å². The molecule has 7 nitrogen and oxygen atoms in total. The summed E-state index contributed by atoms with van der Waals surface area (Å²) in [6.45, 7) is 2.38. The van der Waals surface area contributed by atoms with Gasteiger partial charge in [0.05, 0.1) is 10.8 Å². The number of halogens is 1. The number of ether oxygens (including phenoxy) is 1. The molecule has 23 heavy (non-hydrogen) atoms. The fourth-order valence-electron chi connectivity index (χ4n) is 2.79. The van der Waals surface area contributed by atoms with Gasteiger partial charge in [-0.1, -0.05) is 24.6 Å². The summed E-state index contributed by atoms with van der Waals surface area (Å²) in [6, 6.07) is 3.53. The van der Waals surface area contributed by atoms with Gasteiger partial charge in [-0.05, 0) is 18.1 Å². The first-order chi connectivity index (χ1) is 11.0. The molecule has 1 aliphatic heterocycles. The van der Waals surface area contributed by atoms with Crippen molar-refractivity contribution >= 4 is 11.6 Å². The number of nitrogens with one attached hydrogen (secondary N) is 1. The zero-order valence-electron chi connectivity index (χ0n) is 13.5. The third kappa shape index (κ3) is 3.92. The van der Waals surface area contributed by atoms with E-state index in [0.717, 1.165) is 5.56 Å². The van der Waals surface area contributed by atoms with Gasteiger partial charge in [0.1, 0.15) is 11.4 Å². The standard InChI is InChI=1S/C15H21ClN4O3/c1-4-11-7-13(23-3)19(2)15(14(11)20(21)22)18-9-10-5-6-12(16)17-8-10/h5-6,8,11,13,18H,4,7,9H2,1-3H3. The average molecular weight is 341 g/mol. The summed E-state index contributed by atoms with van der Waals surface area (Å²) in [7, 11) is 3.41. The Balaban J connectivity index is 2.27. The van der Waals surface area contributed by atoms with Crippen LogP contribution in [0.4, 0.5) is 0 Å². The molecule has 0 aromatic carbocycles. The number of methoxy groups -OCH3 is 1. The SMILES string of the molecule is CCC1CC(OC)N(C)C(NCc2ccc(Cl)nc2)=C1[N+](=O)[O-]. The molecule has 1 aliphatic rings. The number of aromatic nitrogens is 1. The molecule has 1 aromatic heterocycles. The van der Waals surface area contributed by atoms with Gasteiger partial charge in [0, 0.05) is 33.3 Å². The molecule has 0 spiro atoms. The van der Waals surface area contributed by atoms with Crippen LogP contribution in [0.15, 0.2) is 29.8 Å². The minimum absolute atomic E-state index is 0.142. The number of hydrogen-bond acceptors (Lipinski definition) is 6. The van der Waals surface area contributed by atoms with E-state index in [4.69, 9.17) is 16.3 Å². The summed E-state index contributed by atoms with van der Waals surface area (Å²) in [5, 5.41) is 15.1. The predicted molar refractivity (Wildman–Crippen MR) is 87.1 cm³/mol. The van der Waals surface area contributed by atoms with Crippen LogP contribution in [0.25, 0.3) is 0 Å². The van der Waals surface area contributed by atoms with Gasteiger partial charge in [-0.2, -0.15) is 0 Å². The average Bonchev–Trinajstić information content (AvgIpc) is 2.54. The van der Waals surface area contributed by atoms with E-state index in [9.17, 15) is 10.1 Å². The molecule has 2 heterocycles. The molecule has 2 atom stereocenters. The van der Waals surface area contributed by atoms with Crippen molar-refractivity contribution in [3.63, 3.8) is 0 Å². The predicted octanol–water partition coefficient (Wildman–Crippen LogP) is 2.60. The maximum absolute atomic E-state index is 11.5. The number of pyridine rings is 1. The third-order valence-corrected chi connectivity index (χ3v) is 4.33. The maximum atomic E-state index is 11.5. The molecule has 0 amide bonds. The first kappa shape index (κ1) is 17.5. The number of nitro groups is 1. The zero-order chi connectivity index (χ0) is 17.0. The highest BCUT2D eigenvalue weighted by molar-refractivity contribution is 6.29. The molecule has 1 N–H and O–H groups in total. The van der Waals surface area contributed by atoms with Crippen molar-refractivity contribution in [1.82, 2.24) is 15.2 Å². The molecular formula is C15H21ClN4O3. The van der Waals surface area contributed by atoms with E-state index in [-0.39, 0.29) is 22.8 Å². The number of nitrogens with zero attached hydrogens (tertiary/aromatic N) is 3. The van der Waals surface area contributed by atoms with Crippen molar-refractivity contribution in [3.8, 4) is 0 Å². The van der Waals surface area contributed by atoms with Crippen LogP contribution < -0.4 is 5.32 Å². The minimum Gasteiger partial charge on any atom is -0.362 e. The van der Waals surface area contributed by atoms with Gasteiger partial charge in [-0.25, -0.2) is 4.98 Å². The Kier molecular flexibility index (Phi) is 5.79. The first-order valence-corrected chi connectivity index (χ1v) is 7.84. The number of rotatable bonds is 6. The summed E-state index contributed by atoms with van der Waals surface area (Å²) in [5.74, 6) is 0.354. The molecule has 0 radical (unpaired) electrons. The van der Waals surface area contributed by atoms with Crippen LogP contribution in [0.5, 0.6) is 0 Å². The van der Waals surface area contributed by atoms with Crippen LogP contribution in [-0.2, 0) is 11.3 Å². The van der Waals surface area contributed by atoms with Crippen molar-refractivity contribution in [1.29, 1.82) is 0 Å². The summed E-state index contributed by atoms with van der Waals surface area (Å²) in [4.78, 5) is 17.0. The highest BCUT2D eigenvalue weighted by Crippen LogP contribution is 2.32. The van der Waals surface area contributed by atoms with Crippen molar-refractivity contribution in [2.45, 2.75) is 32.5 Å². The quantitative estimate of drug-likeness (QED) is 0.487. The van der Waals surface area contributed by atoms with Gasteiger partial charge in [0.15, 0.2) is 5.82 Å². The molecule has 0 saturated heterocycles. The van der Waals surface area contributed by atoms with Crippen LogP contribution in [-0.4, -0.2) is 35.2 Å². The second-order valence-corrected chi connectivity index (χ2v) is 5.86. The molecule has 1 aromatic rings. The zero-order valence-corrected chi connectivity index (χ0v) is 14.2. The smallest absolute Gasteiger partial charge is 0.289 e. The van der Waals surface area contributed by atoms with Crippen molar-refractivity contribution in [2.24, 2.45) is 5.92 Å². The van der Waals surface area contributed by atoms with E-state index in [1.54, 1.807) is 31.3 Å². The Morgan fingerprint density at radius 3 is 2.83 bits per heavy atom. The van der Waals surface area contributed by atoms with Crippen molar-refractivity contribution in [3.05, 3.63) is 50.7 Å². The van der Waals surface area contributed by atoms with Crippen molar-refractivity contribution < 1.29 is 9.66 Å². The highest BCUT2D eigenvalue weighted by atomic mass is 35.5. The lowest BCUT2D eigenvalue weighted by atomic mass is 9.93. The monoisotopic (exact) mass is 340 g/mol. The Morgan fingerprint density at radius 2 is 2.30 bits per heavy atom.